The molecule has 0 bridgehead atoms. The van der Waals surface area contributed by atoms with E-state index in [1.807, 2.05) is 29.8 Å². The first-order chi connectivity index (χ1) is 15.2. The van der Waals surface area contributed by atoms with Gasteiger partial charge in [-0.05, 0) is 49.2 Å². The quantitative estimate of drug-likeness (QED) is 0.379. The molecule has 4 rings (SSSR count). The number of anilines is 1. The van der Waals surface area contributed by atoms with Crippen molar-refractivity contribution in [3.05, 3.63) is 71.3 Å². The number of carbonyl (C=O) groups excluding carboxylic acids is 1. The first kappa shape index (κ1) is 22.4. The summed E-state index contributed by atoms with van der Waals surface area (Å²) in [6.07, 6.45) is 7.14. The number of halogens is 1. The molecule has 1 amide bonds. The van der Waals surface area contributed by atoms with Crippen LogP contribution in [0.2, 0.25) is 5.02 Å². The van der Waals surface area contributed by atoms with E-state index in [-0.39, 0.29) is 10.8 Å². The third kappa shape index (κ3) is 4.69. The van der Waals surface area contributed by atoms with Gasteiger partial charge in [0, 0.05) is 37.3 Å². The van der Waals surface area contributed by atoms with Crippen molar-refractivity contribution in [3.8, 4) is 0 Å². The van der Waals surface area contributed by atoms with Crippen LogP contribution in [0.25, 0.3) is 10.2 Å². The second kappa shape index (κ2) is 9.01. The van der Waals surface area contributed by atoms with Gasteiger partial charge in [0.15, 0.2) is 15.0 Å². The Morgan fingerprint density at radius 3 is 2.56 bits per heavy atom. The molecule has 2 aromatic carbocycles. The third-order valence-corrected chi connectivity index (χ3v) is 7.72. The van der Waals surface area contributed by atoms with Gasteiger partial charge in [0.1, 0.15) is 0 Å². The van der Waals surface area contributed by atoms with Crippen LogP contribution in [0.1, 0.15) is 22.3 Å². The summed E-state index contributed by atoms with van der Waals surface area (Å²) < 4.78 is 26.3. The summed E-state index contributed by atoms with van der Waals surface area (Å²) in [7, 11) is -3.34. The topological polar surface area (TPSA) is 85.2 Å². The number of imidazole rings is 1. The third-order valence-electron chi connectivity index (χ3n) is 5.05. The number of aryl methyl sites for hydroxylation is 2. The van der Waals surface area contributed by atoms with Crippen LogP contribution in [0, 0.1) is 6.92 Å². The Bertz CT molecular complexity index is 1330. The largest absolute Gasteiger partial charge is 0.337 e. The number of hydrogen-bond donors (Lipinski definition) is 0. The zero-order valence-corrected chi connectivity index (χ0v) is 19.9. The summed E-state index contributed by atoms with van der Waals surface area (Å²) in [5, 5.41) is 1.15. The van der Waals surface area contributed by atoms with Crippen LogP contribution in [0.5, 0.6) is 0 Å². The molecule has 0 unspecified atom stereocenters. The predicted molar refractivity (Wildman–Crippen MR) is 127 cm³/mol. The Kier molecular flexibility index (Phi) is 6.32. The fourth-order valence-corrected chi connectivity index (χ4v) is 5.29. The maximum absolute atomic E-state index is 13.4. The number of aromatic nitrogens is 3. The summed E-state index contributed by atoms with van der Waals surface area (Å²) in [5.74, 6) is -0.247. The van der Waals surface area contributed by atoms with Crippen LogP contribution in [-0.4, -0.2) is 41.7 Å². The molecule has 0 fully saturated rings. The van der Waals surface area contributed by atoms with Crippen molar-refractivity contribution in [2.75, 3.05) is 17.7 Å². The number of benzene rings is 2. The monoisotopic (exact) mass is 488 g/mol. The van der Waals surface area contributed by atoms with E-state index in [1.165, 1.54) is 35.6 Å². The number of amides is 1. The lowest BCUT2D eigenvalue weighted by Crippen LogP contribution is -2.32. The Hall–Kier alpha value is -2.75. The fraction of sp³-hybridized carbons (Fsp3) is 0.227. The molecule has 7 nitrogen and oxygen atoms in total. The number of sulfone groups is 1. The molecule has 2 aromatic heterocycles. The molecular formula is C22H21ClN4O3S2. The Balaban J connectivity index is 1.67. The van der Waals surface area contributed by atoms with Gasteiger partial charge in [-0.3, -0.25) is 9.69 Å². The molecule has 2 heterocycles. The second-order valence-corrected chi connectivity index (χ2v) is 10.8. The molecule has 4 aromatic rings. The first-order valence-corrected chi connectivity index (χ1v) is 13.0. The van der Waals surface area contributed by atoms with Crippen LogP contribution in [-0.2, 0) is 16.4 Å². The molecule has 0 N–H and O–H groups in total. The average molecular weight is 489 g/mol. The lowest BCUT2D eigenvalue weighted by molar-refractivity contribution is 0.0986. The highest BCUT2D eigenvalue weighted by Gasteiger charge is 2.23. The van der Waals surface area contributed by atoms with Gasteiger partial charge in [0.2, 0.25) is 0 Å². The molecule has 10 heteroatoms. The van der Waals surface area contributed by atoms with Crippen LogP contribution < -0.4 is 4.90 Å². The van der Waals surface area contributed by atoms with E-state index in [2.05, 4.69) is 4.98 Å². The van der Waals surface area contributed by atoms with Gasteiger partial charge in [0.25, 0.3) is 5.91 Å². The van der Waals surface area contributed by atoms with Gasteiger partial charge >= 0.3 is 0 Å². The van der Waals surface area contributed by atoms with Gasteiger partial charge in [-0.15, -0.1) is 0 Å². The van der Waals surface area contributed by atoms with Crippen molar-refractivity contribution in [2.24, 2.45) is 0 Å². The Labute approximate surface area is 195 Å². The highest BCUT2D eigenvalue weighted by Crippen LogP contribution is 2.36. The lowest BCUT2D eigenvalue weighted by Gasteiger charge is -2.20. The summed E-state index contributed by atoms with van der Waals surface area (Å²) in [5.41, 5.74) is 2.15. The molecular weight excluding hydrogens is 468 g/mol. The van der Waals surface area contributed by atoms with Gasteiger partial charge in [-0.25, -0.2) is 18.4 Å². The highest BCUT2D eigenvalue weighted by molar-refractivity contribution is 7.90. The number of carbonyl (C=O) groups is 1. The van der Waals surface area contributed by atoms with Crippen molar-refractivity contribution < 1.29 is 13.2 Å². The molecule has 0 radical (unpaired) electrons. The van der Waals surface area contributed by atoms with E-state index in [0.717, 1.165) is 22.0 Å². The minimum atomic E-state index is -3.34. The van der Waals surface area contributed by atoms with Crippen LogP contribution in [0.15, 0.2) is 60.0 Å². The van der Waals surface area contributed by atoms with Crippen LogP contribution in [0.3, 0.4) is 0 Å². The zero-order valence-electron chi connectivity index (χ0n) is 17.5. The summed E-state index contributed by atoms with van der Waals surface area (Å²) >= 11 is 7.75. The number of rotatable bonds is 7. The van der Waals surface area contributed by atoms with Gasteiger partial charge in [-0.2, -0.15) is 0 Å². The molecule has 0 aliphatic rings. The number of nitrogens with zero attached hydrogens (tertiary/aromatic N) is 4. The van der Waals surface area contributed by atoms with Crippen molar-refractivity contribution in [2.45, 2.75) is 24.8 Å². The van der Waals surface area contributed by atoms with E-state index >= 15 is 0 Å². The van der Waals surface area contributed by atoms with Crippen molar-refractivity contribution in [1.82, 2.24) is 14.5 Å². The molecule has 0 saturated carbocycles. The molecule has 0 saturated heterocycles. The van der Waals surface area contributed by atoms with E-state index in [4.69, 9.17) is 16.6 Å². The SMILES string of the molecule is Cc1ccc(Cl)c2sc(N(CCCn3ccnc3)C(=O)c3ccc(S(C)(=O)=O)cc3)nc12. The van der Waals surface area contributed by atoms with E-state index in [0.29, 0.717) is 35.2 Å². The summed E-state index contributed by atoms with van der Waals surface area (Å²) in [4.78, 5) is 24.0. The summed E-state index contributed by atoms with van der Waals surface area (Å²) in [6, 6.07) is 9.71. The fourth-order valence-electron chi connectivity index (χ4n) is 3.32. The van der Waals surface area contributed by atoms with Gasteiger partial charge in [0.05, 0.1) is 26.5 Å². The standard InChI is InChI=1S/C22H21ClN4O3S2/c1-15-4-9-18(23)20-19(15)25-22(31-20)27(12-3-11-26-13-10-24-14-26)21(28)16-5-7-17(8-6-16)32(2,29)30/h4-10,13-14H,3,11-12H2,1-2H3. The minimum Gasteiger partial charge on any atom is -0.337 e. The molecule has 0 atom stereocenters. The van der Waals surface area contributed by atoms with Crippen molar-refractivity contribution in [1.29, 1.82) is 0 Å². The summed E-state index contributed by atoms with van der Waals surface area (Å²) in [6.45, 7) is 3.08. The Morgan fingerprint density at radius 1 is 1.19 bits per heavy atom. The van der Waals surface area contributed by atoms with Crippen molar-refractivity contribution in [3.63, 3.8) is 0 Å². The van der Waals surface area contributed by atoms with E-state index in [9.17, 15) is 13.2 Å². The van der Waals surface area contributed by atoms with E-state index in [1.54, 1.807) is 17.4 Å². The molecule has 166 valence electrons. The highest BCUT2D eigenvalue weighted by atomic mass is 35.5. The average Bonchev–Trinajstić information content (AvgIpc) is 3.44. The predicted octanol–water partition coefficient (Wildman–Crippen LogP) is 4.60. The normalized spacial score (nSPS) is 11.7. The second-order valence-electron chi connectivity index (χ2n) is 7.45. The zero-order chi connectivity index (χ0) is 22.9. The van der Waals surface area contributed by atoms with Crippen LogP contribution >= 0.6 is 22.9 Å². The van der Waals surface area contributed by atoms with E-state index < -0.39 is 9.84 Å². The molecule has 32 heavy (non-hydrogen) atoms. The van der Waals surface area contributed by atoms with Crippen LogP contribution in [0.4, 0.5) is 5.13 Å². The number of hydrogen-bond acceptors (Lipinski definition) is 6. The Morgan fingerprint density at radius 2 is 1.94 bits per heavy atom. The number of fused-ring (bicyclic) bond motifs is 1. The van der Waals surface area contributed by atoms with Gasteiger partial charge < -0.3 is 4.57 Å². The molecule has 0 aliphatic carbocycles. The minimum absolute atomic E-state index is 0.170. The first-order valence-electron chi connectivity index (χ1n) is 9.87. The lowest BCUT2D eigenvalue weighted by atomic mass is 10.2. The molecule has 0 spiro atoms. The maximum atomic E-state index is 13.4. The maximum Gasteiger partial charge on any atom is 0.260 e. The number of thiazole rings is 1. The van der Waals surface area contributed by atoms with Crippen molar-refractivity contribution >= 4 is 54.0 Å². The smallest absolute Gasteiger partial charge is 0.260 e. The van der Waals surface area contributed by atoms with Gasteiger partial charge in [-0.1, -0.05) is 29.0 Å². The molecule has 0 aliphatic heterocycles.